The van der Waals surface area contributed by atoms with Gasteiger partial charge in [-0.3, -0.25) is 0 Å². The van der Waals surface area contributed by atoms with Crippen molar-refractivity contribution in [1.29, 1.82) is 0 Å². The van der Waals surface area contributed by atoms with Crippen LogP contribution in [-0.4, -0.2) is 21.8 Å². The Morgan fingerprint density at radius 3 is 2.77 bits per heavy atom. The van der Waals surface area contributed by atoms with E-state index in [2.05, 4.69) is 44.2 Å². The number of thiophene rings is 1. The zero-order valence-corrected chi connectivity index (χ0v) is 17.7. The van der Waals surface area contributed by atoms with Crippen LogP contribution in [-0.2, 0) is 23.5 Å². The van der Waals surface area contributed by atoms with Gasteiger partial charge in [-0.25, -0.2) is 9.97 Å². The van der Waals surface area contributed by atoms with Crippen molar-refractivity contribution >= 4 is 45.1 Å². The van der Waals surface area contributed by atoms with Gasteiger partial charge in [-0.2, -0.15) is 0 Å². The highest BCUT2D eigenvalue weighted by molar-refractivity contribution is 7.99. The second-order valence-electron chi connectivity index (χ2n) is 6.74. The monoisotopic (exact) mass is 402 g/mol. The van der Waals surface area contributed by atoms with Gasteiger partial charge in [0, 0.05) is 22.4 Å². The van der Waals surface area contributed by atoms with Crippen molar-refractivity contribution in [1.82, 2.24) is 9.97 Å². The van der Waals surface area contributed by atoms with Crippen LogP contribution in [0.1, 0.15) is 36.3 Å². The minimum absolute atomic E-state index is 0.0828. The van der Waals surface area contributed by atoms with E-state index in [1.165, 1.54) is 21.4 Å². The van der Waals surface area contributed by atoms with Crippen LogP contribution in [0.2, 0.25) is 0 Å². The van der Waals surface area contributed by atoms with Crippen LogP contribution in [0.15, 0.2) is 40.5 Å². The number of rotatable bonds is 5. The number of benzene rings is 1. The molecule has 0 aliphatic carbocycles. The minimum atomic E-state index is -0.0828. The Balaban J connectivity index is 1.76. The fourth-order valence-electron chi connectivity index (χ4n) is 3.17. The quantitative estimate of drug-likeness (QED) is 0.299. The molecule has 0 radical (unpaired) electrons. The van der Waals surface area contributed by atoms with Crippen LogP contribution in [0.25, 0.3) is 10.2 Å². The van der Waals surface area contributed by atoms with E-state index in [0.29, 0.717) is 6.61 Å². The topological polar surface area (TPSA) is 35.0 Å². The fraction of sp³-hybridized carbons (Fsp3) is 0.400. The molecule has 4 rings (SSSR count). The number of fused-ring (bicyclic) bond motifs is 3. The van der Waals surface area contributed by atoms with Gasteiger partial charge in [0.1, 0.15) is 9.86 Å². The predicted molar refractivity (Wildman–Crippen MR) is 112 cm³/mol. The van der Waals surface area contributed by atoms with Gasteiger partial charge in [-0.1, -0.05) is 49.0 Å². The summed E-state index contributed by atoms with van der Waals surface area (Å²) >= 11 is 5.20. The van der Waals surface area contributed by atoms with Crippen molar-refractivity contribution in [2.45, 2.75) is 54.8 Å². The molecule has 136 valence electrons. The third kappa shape index (κ3) is 3.52. The minimum Gasteiger partial charge on any atom is -0.369 e. The van der Waals surface area contributed by atoms with Crippen molar-refractivity contribution in [3.8, 4) is 0 Å². The molecular weight excluding hydrogens is 380 g/mol. The first-order chi connectivity index (χ1) is 12.6. The molecule has 1 atom stereocenters. The Kier molecular flexibility index (Phi) is 5.28. The molecule has 0 saturated carbocycles. The molecule has 6 heteroatoms. The van der Waals surface area contributed by atoms with Gasteiger partial charge in [-0.15, -0.1) is 23.1 Å². The fourth-order valence-corrected chi connectivity index (χ4v) is 5.83. The average molecular weight is 403 g/mol. The largest absolute Gasteiger partial charge is 0.369 e. The predicted octanol–water partition coefficient (Wildman–Crippen LogP) is 5.95. The average Bonchev–Trinajstić information content (AvgIpc) is 3.04. The summed E-state index contributed by atoms with van der Waals surface area (Å²) in [5.41, 5.74) is 2.64. The molecule has 3 heterocycles. The summed E-state index contributed by atoms with van der Waals surface area (Å²) in [5, 5.41) is 3.22. The molecule has 0 bridgehead atoms. The Labute approximate surface area is 167 Å². The van der Waals surface area contributed by atoms with Gasteiger partial charge >= 0.3 is 0 Å². The third-order valence-electron chi connectivity index (χ3n) is 4.93. The maximum Gasteiger partial charge on any atom is 0.189 e. The maximum atomic E-state index is 6.15. The molecule has 0 saturated heterocycles. The van der Waals surface area contributed by atoms with E-state index in [0.717, 1.165) is 33.6 Å². The van der Waals surface area contributed by atoms with Gasteiger partial charge in [0.15, 0.2) is 5.16 Å². The first-order valence-electron chi connectivity index (χ1n) is 8.79. The van der Waals surface area contributed by atoms with Gasteiger partial charge in [-0.05, 0) is 30.7 Å². The summed E-state index contributed by atoms with van der Waals surface area (Å²) in [5.74, 6) is 0.924. The lowest BCUT2D eigenvalue weighted by Crippen LogP contribution is -2.33. The second-order valence-corrected chi connectivity index (χ2v) is 9.56. The number of aromatic nitrogens is 2. The summed E-state index contributed by atoms with van der Waals surface area (Å²) in [6.07, 6.45) is 4.00. The van der Waals surface area contributed by atoms with Gasteiger partial charge in [0.2, 0.25) is 0 Å². The number of thioether (sulfide) groups is 2. The van der Waals surface area contributed by atoms with Crippen LogP contribution in [0.3, 0.4) is 0 Å². The van der Waals surface area contributed by atoms with Gasteiger partial charge < -0.3 is 4.74 Å². The number of nitrogens with zero attached hydrogens (tertiary/aromatic N) is 2. The molecule has 1 aliphatic rings. The number of hydrogen-bond donors (Lipinski definition) is 0. The zero-order chi connectivity index (χ0) is 18.1. The molecule has 0 N–H and O–H groups in total. The summed E-state index contributed by atoms with van der Waals surface area (Å²) in [4.78, 5) is 12.1. The molecule has 1 aliphatic heterocycles. The van der Waals surface area contributed by atoms with E-state index in [4.69, 9.17) is 14.7 Å². The summed E-state index contributed by atoms with van der Waals surface area (Å²) in [7, 11) is 0. The molecule has 26 heavy (non-hydrogen) atoms. The van der Waals surface area contributed by atoms with E-state index in [9.17, 15) is 0 Å². The highest BCUT2D eigenvalue weighted by Crippen LogP contribution is 2.43. The second kappa shape index (κ2) is 7.50. The molecule has 0 spiro atoms. The lowest BCUT2D eigenvalue weighted by Gasteiger charge is -2.33. The molecule has 1 unspecified atom stereocenters. The lowest BCUT2D eigenvalue weighted by atomic mass is 9.90. The first kappa shape index (κ1) is 18.3. The summed E-state index contributed by atoms with van der Waals surface area (Å²) in [6.45, 7) is 5.11. The number of hydrogen-bond acceptors (Lipinski definition) is 6. The molecule has 2 aromatic heterocycles. The number of ether oxygens (including phenoxy) is 1. The van der Waals surface area contributed by atoms with Crippen LogP contribution in [0, 0.1) is 0 Å². The standard InChI is InChI=1S/C20H22N2OS3/c1-4-20(2)10-14-15(11-23-20)26-18-16(14)17(21-19(22-18)24-3)25-12-13-8-6-5-7-9-13/h5-9H,4,10-12H2,1-3H3. The van der Waals surface area contributed by atoms with Crippen LogP contribution < -0.4 is 0 Å². The van der Waals surface area contributed by atoms with Crippen molar-refractivity contribution < 1.29 is 4.74 Å². The Morgan fingerprint density at radius 1 is 1.23 bits per heavy atom. The van der Waals surface area contributed by atoms with Crippen molar-refractivity contribution in [3.63, 3.8) is 0 Å². The normalized spacial score (nSPS) is 19.7. The Hall–Kier alpha value is -1.08. The molecule has 0 amide bonds. The van der Waals surface area contributed by atoms with Crippen LogP contribution in [0.4, 0.5) is 0 Å². The van der Waals surface area contributed by atoms with Crippen molar-refractivity contribution in [2.24, 2.45) is 0 Å². The van der Waals surface area contributed by atoms with Crippen LogP contribution in [0.5, 0.6) is 0 Å². The molecule has 0 fully saturated rings. The molecule has 3 nitrogen and oxygen atoms in total. The third-order valence-corrected chi connectivity index (χ3v) is 7.63. The molecular formula is C20H22N2OS3. The Bertz CT molecular complexity index is 926. The van der Waals surface area contributed by atoms with E-state index in [1.807, 2.05) is 18.0 Å². The summed E-state index contributed by atoms with van der Waals surface area (Å²) < 4.78 is 6.15. The smallest absolute Gasteiger partial charge is 0.189 e. The summed E-state index contributed by atoms with van der Waals surface area (Å²) in [6, 6.07) is 10.6. The van der Waals surface area contributed by atoms with E-state index in [1.54, 1.807) is 23.1 Å². The van der Waals surface area contributed by atoms with Crippen molar-refractivity contribution in [2.75, 3.05) is 6.26 Å². The zero-order valence-electron chi connectivity index (χ0n) is 15.2. The van der Waals surface area contributed by atoms with Crippen LogP contribution >= 0.6 is 34.9 Å². The maximum absolute atomic E-state index is 6.15. The highest BCUT2D eigenvalue weighted by atomic mass is 32.2. The van der Waals surface area contributed by atoms with Crippen molar-refractivity contribution in [3.05, 3.63) is 46.3 Å². The van der Waals surface area contributed by atoms with Gasteiger partial charge in [0.25, 0.3) is 0 Å². The van der Waals surface area contributed by atoms with E-state index < -0.39 is 0 Å². The lowest BCUT2D eigenvalue weighted by molar-refractivity contribution is -0.0543. The van der Waals surface area contributed by atoms with Gasteiger partial charge in [0.05, 0.1) is 12.2 Å². The SMILES string of the molecule is CCC1(C)Cc2c(sc3nc(SC)nc(SCc4ccccc4)c23)CO1. The first-order valence-corrected chi connectivity index (χ1v) is 11.8. The van der Waals surface area contributed by atoms with E-state index in [-0.39, 0.29) is 5.60 Å². The highest BCUT2D eigenvalue weighted by Gasteiger charge is 2.33. The molecule has 3 aromatic rings. The van der Waals surface area contributed by atoms with E-state index >= 15 is 0 Å². The Morgan fingerprint density at radius 2 is 2.04 bits per heavy atom. The molecule has 1 aromatic carbocycles.